The minimum absolute atomic E-state index is 0.142. The number of nitrogens with zero attached hydrogens (tertiary/aromatic N) is 1. The van der Waals surface area contributed by atoms with Gasteiger partial charge in [0.2, 0.25) is 0 Å². The molecule has 0 amide bonds. The largest absolute Gasteiger partial charge is 0.378 e. The zero-order chi connectivity index (χ0) is 14.5. The first-order valence-electron chi connectivity index (χ1n) is 6.82. The SMILES string of the molecule is CN(C)c1cccc(CC(CN)c2cccc(F)c2)c1. The van der Waals surface area contributed by atoms with Crippen LogP contribution in [-0.2, 0) is 6.42 Å². The highest BCUT2D eigenvalue weighted by atomic mass is 19.1. The quantitative estimate of drug-likeness (QED) is 0.906. The average Bonchev–Trinajstić information content (AvgIpc) is 2.45. The first-order chi connectivity index (χ1) is 9.60. The lowest BCUT2D eigenvalue weighted by Crippen LogP contribution is -2.15. The summed E-state index contributed by atoms with van der Waals surface area (Å²) in [7, 11) is 4.04. The highest BCUT2D eigenvalue weighted by Crippen LogP contribution is 2.23. The summed E-state index contributed by atoms with van der Waals surface area (Å²) >= 11 is 0. The number of rotatable bonds is 5. The summed E-state index contributed by atoms with van der Waals surface area (Å²) in [6.45, 7) is 0.510. The lowest BCUT2D eigenvalue weighted by molar-refractivity contribution is 0.616. The molecule has 0 bridgehead atoms. The Morgan fingerprint density at radius 2 is 1.85 bits per heavy atom. The number of benzene rings is 2. The van der Waals surface area contributed by atoms with E-state index in [0.717, 1.165) is 17.7 Å². The van der Waals surface area contributed by atoms with Crippen LogP contribution < -0.4 is 10.6 Å². The Hall–Kier alpha value is -1.87. The predicted molar refractivity (Wildman–Crippen MR) is 82.7 cm³/mol. The van der Waals surface area contributed by atoms with E-state index in [1.54, 1.807) is 12.1 Å². The zero-order valence-corrected chi connectivity index (χ0v) is 12.0. The van der Waals surface area contributed by atoms with Crippen molar-refractivity contribution >= 4 is 5.69 Å². The third-order valence-electron chi connectivity index (χ3n) is 3.51. The second-order valence-electron chi connectivity index (χ2n) is 5.26. The molecular formula is C17H21FN2. The van der Waals surface area contributed by atoms with E-state index in [1.807, 2.05) is 26.2 Å². The molecule has 1 atom stereocenters. The first kappa shape index (κ1) is 14.5. The summed E-state index contributed by atoms with van der Waals surface area (Å²) in [4.78, 5) is 2.07. The van der Waals surface area contributed by atoms with Gasteiger partial charge < -0.3 is 10.6 Å². The molecule has 106 valence electrons. The van der Waals surface area contributed by atoms with Crippen molar-refractivity contribution in [3.63, 3.8) is 0 Å². The Bertz CT molecular complexity index is 566. The van der Waals surface area contributed by atoms with Crippen molar-refractivity contribution in [3.05, 3.63) is 65.5 Å². The maximum atomic E-state index is 13.3. The van der Waals surface area contributed by atoms with Crippen LogP contribution in [0.2, 0.25) is 0 Å². The monoisotopic (exact) mass is 272 g/mol. The van der Waals surface area contributed by atoms with E-state index in [4.69, 9.17) is 5.73 Å². The van der Waals surface area contributed by atoms with Gasteiger partial charge in [0, 0.05) is 25.7 Å². The van der Waals surface area contributed by atoms with Gasteiger partial charge in [-0.1, -0.05) is 24.3 Å². The molecule has 0 aliphatic carbocycles. The Kier molecular flexibility index (Phi) is 4.74. The van der Waals surface area contributed by atoms with Crippen molar-refractivity contribution in [2.75, 3.05) is 25.5 Å². The fraction of sp³-hybridized carbons (Fsp3) is 0.294. The van der Waals surface area contributed by atoms with Gasteiger partial charge in [0.1, 0.15) is 5.82 Å². The van der Waals surface area contributed by atoms with Gasteiger partial charge in [0.05, 0.1) is 0 Å². The third kappa shape index (κ3) is 3.58. The van der Waals surface area contributed by atoms with Crippen LogP contribution >= 0.6 is 0 Å². The van der Waals surface area contributed by atoms with E-state index in [2.05, 4.69) is 23.1 Å². The fourth-order valence-corrected chi connectivity index (χ4v) is 2.34. The number of anilines is 1. The molecule has 0 spiro atoms. The Morgan fingerprint density at radius 3 is 2.50 bits per heavy atom. The highest BCUT2D eigenvalue weighted by Gasteiger charge is 2.12. The maximum absolute atomic E-state index is 13.3. The average molecular weight is 272 g/mol. The van der Waals surface area contributed by atoms with Crippen LogP contribution in [0.15, 0.2) is 48.5 Å². The molecule has 0 fully saturated rings. The molecule has 1 unspecified atom stereocenters. The van der Waals surface area contributed by atoms with Crippen LogP contribution in [0.1, 0.15) is 17.0 Å². The van der Waals surface area contributed by atoms with Crippen LogP contribution in [0.3, 0.4) is 0 Å². The van der Waals surface area contributed by atoms with Crippen LogP contribution in [-0.4, -0.2) is 20.6 Å². The minimum Gasteiger partial charge on any atom is -0.378 e. The molecule has 2 rings (SSSR count). The smallest absolute Gasteiger partial charge is 0.123 e. The molecule has 2 N–H and O–H groups in total. The van der Waals surface area contributed by atoms with Crippen LogP contribution in [0.5, 0.6) is 0 Å². The molecule has 0 aliphatic rings. The lowest BCUT2D eigenvalue weighted by Gasteiger charge is -2.18. The van der Waals surface area contributed by atoms with E-state index in [9.17, 15) is 4.39 Å². The summed E-state index contributed by atoms with van der Waals surface area (Å²) in [5, 5.41) is 0. The normalized spacial score (nSPS) is 12.2. The molecule has 0 saturated carbocycles. The van der Waals surface area contributed by atoms with E-state index in [0.29, 0.717) is 6.54 Å². The van der Waals surface area contributed by atoms with E-state index in [1.165, 1.54) is 11.6 Å². The Balaban J connectivity index is 2.20. The standard InChI is InChI=1S/C17H21FN2/c1-20(2)17-8-3-5-13(10-17)9-15(12-19)14-6-4-7-16(18)11-14/h3-8,10-11,15H,9,12,19H2,1-2H3. The van der Waals surface area contributed by atoms with E-state index < -0.39 is 0 Å². The predicted octanol–water partition coefficient (Wildman–Crippen LogP) is 3.18. The maximum Gasteiger partial charge on any atom is 0.123 e. The zero-order valence-electron chi connectivity index (χ0n) is 12.0. The van der Waals surface area contributed by atoms with Crippen LogP contribution in [0, 0.1) is 5.82 Å². The Labute approximate surface area is 120 Å². The topological polar surface area (TPSA) is 29.3 Å². The summed E-state index contributed by atoms with van der Waals surface area (Å²) < 4.78 is 13.3. The summed E-state index contributed by atoms with van der Waals surface area (Å²) in [6, 6.07) is 15.1. The van der Waals surface area contributed by atoms with Gasteiger partial charge in [-0.15, -0.1) is 0 Å². The van der Waals surface area contributed by atoms with Crippen molar-refractivity contribution in [1.29, 1.82) is 0 Å². The lowest BCUT2D eigenvalue weighted by atomic mass is 9.92. The van der Waals surface area contributed by atoms with Crippen molar-refractivity contribution in [2.24, 2.45) is 5.73 Å². The number of halogens is 1. The molecular weight excluding hydrogens is 251 g/mol. The highest BCUT2D eigenvalue weighted by molar-refractivity contribution is 5.47. The number of nitrogens with two attached hydrogens (primary N) is 1. The van der Waals surface area contributed by atoms with Crippen LogP contribution in [0.25, 0.3) is 0 Å². The van der Waals surface area contributed by atoms with Crippen molar-refractivity contribution < 1.29 is 4.39 Å². The molecule has 0 aromatic heterocycles. The molecule has 0 radical (unpaired) electrons. The summed E-state index contributed by atoms with van der Waals surface area (Å²) in [5.41, 5.74) is 9.21. The molecule has 2 aromatic carbocycles. The summed E-state index contributed by atoms with van der Waals surface area (Å²) in [6.07, 6.45) is 0.821. The summed E-state index contributed by atoms with van der Waals surface area (Å²) in [5.74, 6) is -0.0638. The molecule has 3 heteroatoms. The fourth-order valence-electron chi connectivity index (χ4n) is 2.34. The van der Waals surface area contributed by atoms with Gasteiger partial charge in [-0.25, -0.2) is 4.39 Å². The van der Waals surface area contributed by atoms with E-state index >= 15 is 0 Å². The van der Waals surface area contributed by atoms with Crippen molar-refractivity contribution in [2.45, 2.75) is 12.3 Å². The first-order valence-corrected chi connectivity index (χ1v) is 6.82. The van der Waals surface area contributed by atoms with Crippen molar-refractivity contribution in [3.8, 4) is 0 Å². The van der Waals surface area contributed by atoms with Gasteiger partial charge in [0.15, 0.2) is 0 Å². The minimum atomic E-state index is -0.206. The third-order valence-corrected chi connectivity index (χ3v) is 3.51. The number of hydrogen-bond donors (Lipinski definition) is 1. The second kappa shape index (κ2) is 6.53. The van der Waals surface area contributed by atoms with Crippen molar-refractivity contribution in [1.82, 2.24) is 0 Å². The van der Waals surface area contributed by atoms with Gasteiger partial charge >= 0.3 is 0 Å². The Morgan fingerprint density at radius 1 is 1.10 bits per heavy atom. The van der Waals surface area contributed by atoms with Gasteiger partial charge in [-0.3, -0.25) is 0 Å². The molecule has 0 saturated heterocycles. The van der Waals surface area contributed by atoms with E-state index in [-0.39, 0.29) is 11.7 Å². The molecule has 20 heavy (non-hydrogen) atoms. The van der Waals surface area contributed by atoms with Gasteiger partial charge in [0.25, 0.3) is 0 Å². The molecule has 0 heterocycles. The van der Waals surface area contributed by atoms with Crippen LogP contribution in [0.4, 0.5) is 10.1 Å². The second-order valence-corrected chi connectivity index (χ2v) is 5.26. The molecule has 0 aliphatic heterocycles. The van der Waals surface area contributed by atoms with Gasteiger partial charge in [-0.05, 0) is 48.4 Å². The number of hydrogen-bond acceptors (Lipinski definition) is 2. The molecule has 2 nitrogen and oxygen atoms in total. The molecule has 2 aromatic rings. The van der Waals surface area contributed by atoms with Gasteiger partial charge in [-0.2, -0.15) is 0 Å².